The van der Waals surface area contributed by atoms with Crippen molar-refractivity contribution in [2.45, 2.75) is 39.2 Å². The predicted octanol–water partition coefficient (Wildman–Crippen LogP) is 3.76. The van der Waals surface area contributed by atoms with Gasteiger partial charge in [-0.15, -0.1) is 0 Å². The summed E-state index contributed by atoms with van der Waals surface area (Å²) in [7, 11) is 0. The van der Waals surface area contributed by atoms with Crippen molar-refractivity contribution < 1.29 is 9.32 Å². The molecule has 1 fully saturated rings. The third kappa shape index (κ3) is 2.66. The van der Waals surface area contributed by atoms with Gasteiger partial charge in [0.15, 0.2) is 11.3 Å². The molecule has 0 spiro atoms. The quantitative estimate of drug-likeness (QED) is 0.587. The fraction of sp³-hybridized carbons (Fsp3) is 0.333. The van der Waals surface area contributed by atoms with Gasteiger partial charge in [-0.1, -0.05) is 17.3 Å². The molecule has 7 nitrogen and oxygen atoms in total. The summed E-state index contributed by atoms with van der Waals surface area (Å²) in [5.41, 5.74) is 3.92. The summed E-state index contributed by atoms with van der Waals surface area (Å²) in [6, 6.07) is 7.81. The number of benzene rings is 1. The van der Waals surface area contributed by atoms with Crippen LogP contribution in [0.2, 0.25) is 0 Å². The third-order valence-corrected chi connectivity index (χ3v) is 5.61. The van der Waals surface area contributed by atoms with Crippen LogP contribution < -0.4 is 5.32 Å². The van der Waals surface area contributed by atoms with Gasteiger partial charge < -0.3 is 9.84 Å². The van der Waals surface area contributed by atoms with Crippen LogP contribution >= 0.6 is 0 Å². The van der Waals surface area contributed by atoms with Gasteiger partial charge in [0.05, 0.1) is 5.69 Å². The topological polar surface area (TPSA) is 85.3 Å². The molecular weight excluding hydrogens is 354 g/mol. The highest BCUT2D eigenvalue weighted by Gasteiger charge is 2.39. The van der Waals surface area contributed by atoms with Crippen LogP contribution in [-0.2, 0) is 0 Å². The molecule has 1 aliphatic carbocycles. The Morgan fingerprint density at radius 3 is 2.93 bits per heavy atom. The average molecular weight is 375 g/mol. The number of aromatic nitrogens is 4. The Balaban J connectivity index is 1.61. The van der Waals surface area contributed by atoms with E-state index >= 15 is 0 Å². The van der Waals surface area contributed by atoms with E-state index in [0.717, 1.165) is 40.7 Å². The normalized spacial score (nSPS) is 14.7. The smallest absolute Gasteiger partial charge is 0.274 e. The zero-order valence-corrected chi connectivity index (χ0v) is 16.1. The minimum Gasteiger partial charge on any atom is -0.363 e. The second kappa shape index (κ2) is 5.89. The monoisotopic (exact) mass is 375 g/mol. The van der Waals surface area contributed by atoms with E-state index in [-0.39, 0.29) is 11.4 Å². The molecule has 0 radical (unpaired) electrons. The van der Waals surface area contributed by atoms with E-state index in [1.807, 2.05) is 35.6 Å². The van der Waals surface area contributed by atoms with Crippen LogP contribution in [0.25, 0.3) is 27.8 Å². The minimum absolute atomic E-state index is 0.192. The number of carbonyl (C=O) groups is 1. The summed E-state index contributed by atoms with van der Waals surface area (Å²) in [5, 5.41) is 8.15. The fourth-order valence-corrected chi connectivity index (χ4v) is 3.78. The zero-order chi connectivity index (χ0) is 19.5. The van der Waals surface area contributed by atoms with E-state index in [2.05, 4.69) is 29.3 Å². The summed E-state index contributed by atoms with van der Waals surface area (Å²) >= 11 is 0. The Labute approximate surface area is 161 Å². The number of hydrogen-bond donors (Lipinski definition) is 1. The molecule has 4 aromatic rings. The van der Waals surface area contributed by atoms with Crippen LogP contribution in [0.5, 0.6) is 0 Å². The van der Waals surface area contributed by atoms with Gasteiger partial charge in [0.2, 0.25) is 0 Å². The zero-order valence-electron chi connectivity index (χ0n) is 16.1. The number of fused-ring (bicyclic) bond motifs is 2. The predicted molar refractivity (Wildman–Crippen MR) is 105 cm³/mol. The van der Waals surface area contributed by atoms with Gasteiger partial charge in [-0.25, -0.2) is 9.97 Å². The summed E-state index contributed by atoms with van der Waals surface area (Å²) in [6.07, 6.45) is 5.57. The van der Waals surface area contributed by atoms with Gasteiger partial charge in [0.1, 0.15) is 18.1 Å². The highest BCUT2D eigenvalue weighted by Crippen LogP contribution is 2.39. The van der Waals surface area contributed by atoms with Gasteiger partial charge >= 0.3 is 0 Å². The Morgan fingerprint density at radius 2 is 2.14 bits per heavy atom. The Morgan fingerprint density at radius 1 is 1.32 bits per heavy atom. The maximum atomic E-state index is 12.9. The molecule has 0 bridgehead atoms. The molecule has 7 heteroatoms. The van der Waals surface area contributed by atoms with Crippen LogP contribution in [0, 0.1) is 12.8 Å². The van der Waals surface area contributed by atoms with Crippen molar-refractivity contribution >= 4 is 22.5 Å². The van der Waals surface area contributed by atoms with Crippen LogP contribution in [0.15, 0.2) is 41.4 Å². The molecule has 0 aliphatic heterocycles. The molecule has 1 aromatic carbocycles. The maximum Gasteiger partial charge on any atom is 0.274 e. The largest absolute Gasteiger partial charge is 0.363 e. The van der Waals surface area contributed by atoms with Crippen LogP contribution in [-0.4, -0.2) is 31.0 Å². The molecule has 1 saturated carbocycles. The first-order valence-electron chi connectivity index (χ1n) is 9.45. The van der Waals surface area contributed by atoms with E-state index in [4.69, 9.17) is 9.51 Å². The molecular formula is C21H21N5O2. The maximum absolute atomic E-state index is 12.9. The highest BCUT2D eigenvalue weighted by atomic mass is 16.5. The molecule has 1 N–H and O–H groups in total. The van der Waals surface area contributed by atoms with Gasteiger partial charge in [-0.2, -0.15) is 0 Å². The van der Waals surface area contributed by atoms with Gasteiger partial charge in [0, 0.05) is 22.2 Å². The lowest BCUT2D eigenvalue weighted by atomic mass is 9.98. The number of aryl methyl sites for hydroxylation is 1. The Hall–Kier alpha value is -3.22. The summed E-state index contributed by atoms with van der Waals surface area (Å²) < 4.78 is 6.95. The van der Waals surface area contributed by atoms with E-state index in [9.17, 15) is 4.79 Å². The number of amides is 1. The van der Waals surface area contributed by atoms with Crippen molar-refractivity contribution in [3.8, 4) is 11.3 Å². The molecule has 28 heavy (non-hydrogen) atoms. The van der Waals surface area contributed by atoms with E-state index in [1.165, 1.54) is 0 Å². The Kier molecular flexibility index (Phi) is 3.56. The van der Waals surface area contributed by atoms with E-state index in [0.29, 0.717) is 17.3 Å². The van der Waals surface area contributed by atoms with E-state index in [1.54, 1.807) is 12.6 Å². The molecule has 3 aromatic heterocycles. The number of nitrogens with one attached hydrogen (secondary N) is 1. The van der Waals surface area contributed by atoms with Gasteiger partial charge in [-0.3, -0.25) is 9.20 Å². The lowest BCUT2D eigenvalue weighted by Gasteiger charge is -2.25. The third-order valence-electron chi connectivity index (χ3n) is 5.61. The van der Waals surface area contributed by atoms with Crippen molar-refractivity contribution in [3.63, 3.8) is 0 Å². The SMILES string of the molecule is Cc1cc(-c2cccc3conc23)nc2c(C(=O)NC(C)(C)C3CC3)ncn12. The summed E-state index contributed by atoms with van der Waals surface area (Å²) in [5.74, 6) is 0.337. The van der Waals surface area contributed by atoms with Crippen molar-refractivity contribution in [3.05, 3.63) is 48.2 Å². The fourth-order valence-electron chi connectivity index (χ4n) is 3.78. The van der Waals surface area contributed by atoms with Crippen molar-refractivity contribution in [1.82, 2.24) is 24.8 Å². The second-order valence-corrected chi connectivity index (χ2v) is 8.08. The average Bonchev–Trinajstić information content (AvgIpc) is 3.26. The van der Waals surface area contributed by atoms with Crippen LogP contribution in [0.3, 0.4) is 0 Å². The van der Waals surface area contributed by atoms with Crippen molar-refractivity contribution in [2.75, 3.05) is 0 Å². The van der Waals surface area contributed by atoms with Gasteiger partial charge in [0.25, 0.3) is 5.91 Å². The molecule has 0 saturated heterocycles. The second-order valence-electron chi connectivity index (χ2n) is 8.08. The highest BCUT2D eigenvalue weighted by molar-refractivity contribution is 5.99. The molecule has 0 atom stereocenters. The number of nitrogens with zero attached hydrogens (tertiary/aromatic N) is 4. The molecule has 1 amide bonds. The lowest BCUT2D eigenvalue weighted by Crippen LogP contribution is -2.45. The molecule has 1 aliphatic rings. The number of imidazole rings is 1. The van der Waals surface area contributed by atoms with Crippen molar-refractivity contribution in [2.24, 2.45) is 5.92 Å². The Bertz CT molecular complexity index is 1220. The number of carbonyl (C=O) groups excluding carboxylic acids is 1. The summed E-state index contributed by atoms with van der Waals surface area (Å²) in [4.78, 5) is 22.1. The summed E-state index contributed by atoms with van der Waals surface area (Å²) in [6.45, 7) is 6.10. The lowest BCUT2D eigenvalue weighted by molar-refractivity contribution is 0.0900. The van der Waals surface area contributed by atoms with Crippen molar-refractivity contribution in [1.29, 1.82) is 0 Å². The molecule has 5 rings (SSSR count). The number of rotatable bonds is 4. The first-order valence-corrected chi connectivity index (χ1v) is 9.45. The van der Waals surface area contributed by atoms with Gasteiger partial charge in [-0.05, 0) is 51.7 Å². The molecule has 142 valence electrons. The standard InChI is InChI=1S/C21H21N5O2/c1-12-9-16(15-6-4-5-13-10-28-25-17(13)15)23-19-18(22-11-26(12)19)20(27)24-21(2,3)14-7-8-14/h4-6,9-11,14H,7-8H2,1-3H3,(H,24,27). The minimum atomic E-state index is -0.244. The first kappa shape index (κ1) is 16.9. The molecule has 3 heterocycles. The number of hydrogen-bond acceptors (Lipinski definition) is 5. The van der Waals surface area contributed by atoms with Crippen LogP contribution in [0.4, 0.5) is 0 Å². The van der Waals surface area contributed by atoms with E-state index < -0.39 is 0 Å². The van der Waals surface area contributed by atoms with Crippen LogP contribution in [0.1, 0.15) is 42.9 Å². The first-order chi connectivity index (χ1) is 13.4. The molecule has 0 unspecified atom stereocenters.